The number of anilines is 1. The lowest BCUT2D eigenvalue weighted by atomic mass is 10.1. The molecule has 0 aromatic carbocycles. The number of rotatable bonds is 7. The highest BCUT2D eigenvalue weighted by Gasteiger charge is 2.23. The molecule has 29 heavy (non-hydrogen) atoms. The molecule has 0 amide bonds. The van der Waals surface area contributed by atoms with Crippen LogP contribution in [0, 0.1) is 0 Å². The molecule has 3 heterocycles. The van der Waals surface area contributed by atoms with Crippen molar-refractivity contribution in [3.8, 4) is 17.5 Å². The molecule has 3 aromatic heterocycles. The summed E-state index contributed by atoms with van der Waals surface area (Å²) in [5, 5.41) is 0. The number of nitrogens with zero attached hydrogens (tertiary/aromatic N) is 7. The van der Waals surface area contributed by atoms with Gasteiger partial charge >= 0.3 is 6.01 Å². The minimum Gasteiger partial charge on any atom is -0.467 e. The van der Waals surface area contributed by atoms with Crippen molar-refractivity contribution in [3.05, 3.63) is 41.7 Å². The Kier molecular flexibility index (Phi) is 5.20. The Morgan fingerprint density at radius 2 is 2.00 bits per heavy atom. The van der Waals surface area contributed by atoms with Crippen LogP contribution in [0.5, 0.6) is 6.01 Å². The van der Waals surface area contributed by atoms with Gasteiger partial charge in [0.05, 0.1) is 20.0 Å². The van der Waals surface area contributed by atoms with Crippen LogP contribution in [0.15, 0.2) is 24.9 Å². The van der Waals surface area contributed by atoms with Gasteiger partial charge in [-0.15, -0.1) is 0 Å². The third kappa shape index (κ3) is 4.08. The van der Waals surface area contributed by atoms with Crippen LogP contribution in [-0.4, -0.2) is 56.0 Å². The molecule has 9 heteroatoms. The molecule has 0 atom stereocenters. The second-order valence-electron chi connectivity index (χ2n) is 7.22. The van der Waals surface area contributed by atoms with Crippen molar-refractivity contribution in [1.82, 2.24) is 29.5 Å². The number of methoxy groups -OCH3 is 1. The minimum atomic E-state index is 0.0611. The second-order valence-corrected chi connectivity index (χ2v) is 7.22. The molecule has 4 rings (SSSR count). The second kappa shape index (κ2) is 7.94. The first-order chi connectivity index (χ1) is 14.0. The van der Waals surface area contributed by atoms with E-state index < -0.39 is 0 Å². The molecule has 1 aliphatic rings. The molecule has 0 unspecified atom stereocenters. The number of hydrogen-bond acceptors (Lipinski definition) is 8. The van der Waals surface area contributed by atoms with Gasteiger partial charge in [-0.1, -0.05) is 0 Å². The lowest BCUT2D eigenvalue weighted by Crippen LogP contribution is -2.29. The number of carbonyl (C=O) groups excluding carboxylic acids is 1. The van der Waals surface area contributed by atoms with E-state index in [2.05, 4.69) is 15.0 Å². The number of hydrogen-bond donors (Lipinski definition) is 0. The summed E-state index contributed by atoms with van der Waals surface area (Å²) in [5.74, 6) is 1.47. The van der Waals surface area contributed by atoms with Crippen molar-refractivity contribution in [2.45, 2.75) is 25.7 Å². The predicted molar refractivity (Wildman–Crippen MR) is 107 cm³/mol. The van der Waals surface area contributed by atoms with Gasteiger partial charge in [0, 0.05) is 50.4 Å². The van der Waals surface area contributed by atoms with Crippen LogP contribution in [-0.2, 0) is 31.1 Å². The molecule has 150 valence electrons. The fraction of sp³-hybridized carbons (Fsp3) is 0.400. The van der Waals surface area contributed by atoms with Crippen molar-refractivity contribution >= 4 is 11.6 Å². The summed E-state index contributed by atoms with van der Waals surface area (Å²) in [6.45, 7) is 0.247. The zero-order chi connectivity index (χ0) is 20.4. The van der Waals surface area contributed by atoms with E-state index in [1.165, 1.54) is 7.11 Å². The van der Waals surface area contributed by atoms with Crippen molar-refractivity contribution in [1.29, 1.82) is 0 Å². The molecule has 0 aliphatic heterocycles. The van der Waals surface area contributed by atoms with E-state index >= 15 is 0 Å². The van der Waals surface area contributed by atoms with Gasteiger partial charge in [0.25, 0.3) is 0 Å². The Morgan fingerprint density at radius 3 is 2.69 bits per heavy atom. The number of ketones is 1. The Hall–Kier alpha value is -3.36. The number of aryl methyl sites for hydroxylation is 2. The molecule has 0 fully saturated rings. The smallest absolute Gasteiger partial charge is 0.316 e. The van der Waals surface area contributed by atoms with E-state index in [9.17, 15) is 4.79 Å². The number of Topliss-reactive ketones (excluding diaryl/α,β-unsaturated/α-hetero) is 1. The van der Waals surface area contributed by atoms with Crippen LogP contribution in [0.25, 0.3) is 11.5 Å². The van der Waals surface area contributed by atoms with Gasteiger partial charge < -0.3 is 14.2 Å². The van der Waals surface area contributed by atoms with Crippen LogP contribution in [0.2, 0.25) is 0 Å². The number of likely N-dealkylation sites (N-methyl/N-ethyl adjacent to an activating group) is 1. The van der Waals surface area contributed by atoms with Crippen molar-refractivity contribution in [2.75, 3.05) is 25.6 Å². The van der Waals surface area contributed by atoms with Crippen molar-refractivity contribution in [2.24, 2.45) is 7.05 Å². The third-order valence-electron chi connectivity index (χ3n) is 4.89. The third-order valence-corrected chi connectivity index (χ3v) is 4.89. The molecule has 9 nitrogen and oxygen atoms in total. The topological polar surface area (TPSA) is 98.9 Å². The highest BCUT2D eigenvalue weighted by Crippen LogP contribution is 2.30. The molecule has 0 saturated heterocycles. The summed E-state index contributed by atoms with van der Waals surface area (Å²) < 4.78 is 6.82. The number of imidazole rings is 1. The normalized spacial score (nSPS) is 12.7. The van der Waals surface area contributed by atoms with Gasteiger partial charge in [-0.25, -0.2) is 24.9 Å². The maximum Gasteiger partial charge on any atom is 0.316 e. The van der Waals surface area contributed by atoms with Crippen LogP contribution >= 0.6 is 0 Å². The fourth-order valence-corrected chi connectivity index (χ4v) is 3.53. The number of aromatic nitrogens is 6. The van der Waals surface area contributed by atoms with E-state index in [1.54, 1.807) is 18.7 Å². The van der Waals surface area contributed by atoms with Gasteiger partial charge in [-0.2, -0.15) is 0 Å². The molecular formula is C20H23N7O2. The molecule has 0 radical (unpaired) electrons. The summed E-state index contributed by atoms with van der Waals surface area (Å²) in [5.41, 5.74) is 3.68. The van der Waals surface area contributed by atoms with E-state index in [0.29, 0.717) is 5.82 Å². The first-order valence-corrected chi connectivity index (χ1v) is 9.49. The highest BCUT2D eigenvalue weighted by molar-refractivity contribution is 5.85. The van der Waals surface area contributed by atoms with E-state index in [4.69, 9.17) is 14.7 Å². The largest absolute Gasteiger partial charge is 0.467 e. The summed E-state index contributed by atoms with van der Waals surface area (Å²) >= 11 is 0. The Labute approximate surface area is 168 Å². The Balaban J connectivity index is 1.53. The highest BCUT2D eigenvalue weighted by atomic mass is 16.5. The monoisotopic (exact) mass is 393 g/mol. The average molecular weight is 393 g/mol. The number of carbonyl (C=O) groups is 1. The fourth-order valence-electron chi connectivity index (χ4n) is 3.53. The Morgan fingerprint density at radius 1 is 1.21 bits per heavy atom. The maximum absolute atomic E-state index is 12.6. The zero-order valence-corrected chi connectivity index (χ0v) is 16.8. The molecule has 0 saturated carbocycles. The first kappa shape index (κ1) is 19.0. The van der Waals surface area contributed by atoms with Crippen molar-refractivity contribution < 1.29 is 9.53 Å². The molecule has 0 bridgehead atoms. The van der Waals surface area contributed by atoms with Crippen LogP contribution in [0.3, 0.4) is 0 Å². The molecule has 0 spiro atoms. The van der Waals surface area contributed by atoms with Crippen LogP contribution < -0.4 is 9.64 Å². The summed E-state index contributed by atoms with van der Waals surface area (Å²) in [6, 6.07) is 0.289. The number of fused-ring (bicyclic) bond motifs is 1. The lowest BCUT2D eigenvalue weighted by molar-refractivity contribution is -0.117. The zero-order valence-electron chi connectivity index (χ0n) is 16.8. The van der Waals surface area contributed by atoms with Crippen LogP contribution in [0.1, 0.15) is 23.2 Å². The molecular weight excluding hydrogens is 370 g/mol. The summed E-state index contributed by atoms with van der Waals surface area (Å²) in [7, 11) is 5.32. The van der Waals surface area contributed by atoms with Gasteiger partial charge in [-0.3, -0.25) is 4.79 Å². The minimum absolute atomic E-state index is 0.0611. The van der Waals surface area contributed by atoms with Crippen molar-refractivity contribution in [3.63, 3.8) is 0 Å². The van der Waals surface area contributed by atoms with Gasteiger partial charge in [0.15, 0.2) is 11.6 Å². The molecule has 3 aromatic rings. The maximum atomic E-state index is 12.6. The van der Waals surface area contributed by atoms with E-state index in [0.717, 1.165) is 47.6 Å². The standard InChI is InChI=1S/C20H23N7O2/c1-26-11-17(23-12-26)18-24-16-6-4-5-15(16)19(25-18)27(2)10-14(28)7-13-8-21-20(29-3)22-9-13/h8-9,11-12H,4-7,10H2,1-3H3. The van der Waals surface area contributed by atoms with E-state index in [-0.39, 0.29) is 24.8 Å². The van der Waals surface area contributed by atoms with Gasteiger partial charge in [0.1, 0.15) is 11.5 Å². The molecule has 1 aliphatic carbocycles. The SMILES string of the molecule is COc1ncc(CC(=O)CN(C)c2nc(-c3cn(C)cn3)nc3c2CCC3)cn1. The van der Waals surface area contributed by atoms with Gasteiger partial charge in [0.2, 0.25) is 0 Å². The summed E-state index contributed by atoms with van der Waals surface area (Å²) in [4.78, 5) is 36.5. The summed E-state index contributed by atoms with van der Waals surface area (Å²) in [6.07, 6.45) is 10.0. The number of ether oxygens (including phenoxy) is 1. The molecule has 0 N–H and O–H groups in total. The Bertz CT molecular complexity index is 1030. The average Bonchev–Trinajstić information content (AvgIpc) is 3.36. The van der Waals surface area contributed by atoms with Gasteiger partial charge in [-0.05, 0) is 24.8 Å². The first-order valence-electron chi connectivity index (χ1n) is 9.49. The quantitative estimate of drug-likeness (QED) is 0.594. The van der Waals surface area contributed by atoms with E-state index in [1.807, 2.05) is 29.8 Å². The predicted octanol–water partition coefficient (Wildman–Crippen LogP) is 1.41. The van der Waals surface area contributed by atoms with Crippen LogP contribution in [0.4, 0.5) is 5.82 Å². The lowest BCUT2D eigenvalue weighted by Gasteiger charge is -2.21.